The molecular formula is C16H24O2. The lowest BCUT2D eigenvalue weighted by Crippen LogP contribution is -2.22. The fourth-order valence-electron chi connectivity index (χ4n) is 2.87. The van der Waals surface area contributed by atoms with Gasteiger partial charge in [0.15, 0.2) is 0 Å². The van der Waals surface area contributed by atoms with Crippen molar-refractivity contribution in [2.75, 3.05) is 7.11 Å². The van der Waals surface area contributed by atoms with Gasteiger partial charge in [-0.05, 0) is 54.9 Å². The summed E-state index contributed by atoms with van der Waals surface area (Å²) in [5.41, 5.74) is 1.74. The zero-order chi connectivity index (χ0) is 13.2. The molecule has 1 unspecified atom stereocenters. The van der Waals surface area contributed by atoms with Crippen molar-refractivity contribution >= 4 is 0 Å². The number of benzene rings is 1. The third-order valence-electron chi connectivity index (χ3n) is 4.00. The minimum absolute atomic E-state index is 0.626. The Morgan fingerprint density at radius 1 is 1.39 bits per heavy atom. The second-order valence-electron chi connectivity index (χ2n) is 5.84. The highest BCUT2D eigenvalue weighted by Gasteiger charge is 2.36. The highest BCUT2D eigenvalue weighted by atomic mass is 16.5. The van der Waals surface area contributed by atoms with Crippen LogP contribution in [0.4, 0.5) is 0 Å². The number of methoxy groups -OCH3 is 1. The SMILES string of the molecule is COc1ccc2c(c1)C(O)(CCCC(C)C)CC2. The molecule has 2 nitrogen and oxygen atoms in total. The summed E-state index contributed by atoms with van der Waals surface area (Å²) in [6.45, 7) is 4.46. The van der Waals surface area contributed by atoms with Crippen LogP contribution in [0.1, 0.15) is 50.7 Å². The first-order valence-electron chi connectivity index (χ1n) is 6.95. The van der Waals surface area contributed by atoms with Crippen molar-refractivity contribution in [1.82, 2.24) is 0 Å². The van der Waals surface area contributed by atoms with E-state index in [2.05, 4.69) is 19.9 Å². The van der Waals surface area contributed by atoms with Gasteiger partial charge in [0.05, 0.1) is 12.7 Å². The molecule has 2 rings (SSSR count). The van der Waals surface area contributed by atoms with Crippen LogP contribution in [0.25, 0.3) is 0 Å². The number of ether oxygens (including phenoxy) is 1. The molecule has 0 saturated heterocycles. The maximum Gasteiger partial charge on any atom is 0.119 e. The summed E-state index contributed by atoms with van der Waals surface area (Å²) in [6.07, 6.45) is 4.98. The lowest BCUT2D eigenvalue weighted by atomic mass is 9.89. The molecule has 0 heterocycles. The van der Waals surface area contributed by atoms with Gasteiger partial charge in [-0.1, -0.05) is 26.3 Å². The van der Waals surface area contributed by atoms with Crippen LogP contribution in [-0.2, 0) is 12.0 Å². The van der Waals surface area contributed by atoms with Crippen molar-refractivity contribution in [1.29, 1.82) is 0 Å². The first kappa shape index (κ1) is 13.4. The molecular weight excluding hydrogens is 224 g/mol. The van der Waals surface area contributed by atoms with Crippen LogP contribution in [0.2, 0.25) is 0 Å². The zero-order valence-electron chi connectivity index (χ0n) is 11.7. The lowest BCUT2D eigenvalue weighted by Gasteiger charge is -2.24. The minimum Gasteiger partial charge on any atom is -0.497 e. The van der Waals surface area contributed by atoms with Gasteiger partial charge in [-0.3, -0.25) is 0 Å². The Balaban J connectivity index is 2.12. The fourth-order valence-corrected chi connectivity index (χ4v) is 2.87. The van der Waals surface area contributed by atoms with Crippen molar-refractivity contribution in [3.05, 3.63) is 29.3 Å². The highest BCUT2D eigenvalue weighted by Crippen LogP contribution is 2.42. The molecule has 2 heteroatoms. The van der Waals surface area contributed by atoms with Gasteiger partial charge >= 0.3 is 0 Å². The molecule has 0 radical (unpaired) electrons. The Hall–Kier alpha value is -1.02. The first-order valence-corrected chi connectivity index (χ1v) is 6.95. The largest absolute Gasteiger partial charge is 0.497 e. The van der Waals surface area contributed by atoms with Gasteiger partial charge in [-0.2, -0.15) is 0 Å². The Labute approximate surface area is 110 Å². The average molecular weight is 248 g/mol. The third kappa shape index (κ3) is 2.69. The van der Waals surface area contributed by atoms with E-state index in [4.69, 9.17) is 4.74 Å². The zero-order valence-corrected chi connectivity index (χ0v) is 11.7. The fraction of sp³-hybridized carbons (Fsp3) is 0.625. The molecule has 0 saturated carbocycles. The van der Waals surface area contributed by atoms with Gasteiger partial charge in [-0.15, -0.1) is 0 Å². The molecule has 1 atom stereocenters. The van der Waals surface area contributed by atoms with E-state index in [9.17, 15) is 5.11 Å². The summed E-state index contributed by atoms with van der Waals surface area (Å²) in [6, 6.07) is 6.09. The van der Waals surface area contributed by atoms with Crippen LogP contribution in [0.3, 0.4) is 0 Å². The van der Waals surface area contributed by atoms with Crippen LogP contribution in [0.15, 0.2) is 18.2 Å². The molecule has 0 aliphatic heterocycles. The van der Waals surface area contributed by atoms with E-state index in [-0.39, 0.29) is 0 Å². The van der Waals surface area contributed by atoms with Gasteiger partial charge in [-0.25, -0.2) is 0 Å². The van der Waals surface area contributed by atoms with Crippen LogP contribution in [0, 0.1) is 5.92 Å². The van der Waals surface area contributed by atoms with Crippen LogP contribution in [-0.4, -0.2) is 12.2 Å². The average Bonchev–Trinajstić information content (AvgIpc) is 2.66. The van der Waals surface area contributed by atoms with Crippen molar-refractivity contribution in [2.24, 2.45) is 5.92 Å². The molecule has 1 aromatic rings. The van der Waals surface area contributed by atoms with E-state index in [1.807, 2.05) is 12.1 Å². The Morgan fingerprint density at radius 3 is 2.83 bits per heavy atom. The summed E-state index contributed by atoms with van der Waals surface area (Å²) in [5.74, 6) is 1.55. The van der Waals surface area contributed by atoms with Gasteiger partial charge < -0.3 is 9.84 Å². The van der Waals surface area contributed by atoms with E-state index < -0.39 is 5.60 Å². The summed E-state index contributed by atoms with van der Waals surface area (Å²) in [7, 11) is 1.68. The van der Waals surface area contributed by atoms with Gasteiger partial charge in [0.2, 0.25) is 0 Å². The van der Waals surface area contributed by atoms with E-state index in [1.54, 1.807) is 7.11 Å². The molecule has 0 amide bonds. The minimum atomic E-state index is -0.626. The number of rotatable bonds is 5. The number of aliphatic hydroxyl groups is 1. The van der Waals surface area contributed by atoms with Crippen LogP contribution >= 0.6 is 0 Å². The van der Waals surface area contributed by atoms with Crippen molar-refractivity contribution in [2.45, 2.75) is 51.6 Å². The normalized spacial score (nSPS) is 22.3. The van der Waals surface area contributed by atoms with Gasteiger partial charge in [0, 0.05) is 0 Å². The summed E-state index contributed by atoms with van der Waals surface area (Å²) in [4.78, 5) is 0. The van der Waals surface area contributed by atoms with Gasteiger partial charge in [0.1, 0.15) is 5.75 Å². The summed E-state index contributed by atoms with van der Waals surface area (Å²) >= 11 is 0. The summed E-state index contributed by atoms with van der Waals surface area (Å²) in [5, 5.41) is 10.8. The monoisotopic (exact) mass is 248 g/mol. The summed E-state index contributed by atoms with van der Waals surface area (Å²) < 4.78 is 5.26. The predicted molar refractivity (Wildman–Crippen MR) is 73.9 cm³/mol. The number of fused-ring (bicyclic) bond motifs is 1. The highest BCUT2D eigenvalue weighted by molar-refractivity contribution is 5.42. The van der Waals surface area contributed by atoms with Gasteiger partial charge in [0.25, 0.3) is 0 Å². The molecule has 1 aliphatic carbocycles. The third-order valence-corrected chi connectivity index (χ3v) is 4.00. The first-order chi connectivity index (χ1) is 8.55. The molecule has 1 aromatic carbocycles. The second kappa shape index (κ2) is 5.31. The Bertz CT molecular complexity index is 412. The molecule has 1 aliphatic rings. The molecule has 0 aromatic heterocycles. The quantitative estimate of drug-likeness (QED) is 0.861. The molecule has 0 spiro atoms. The Morgan fingerprint density at radius 2 is 2.17 bits per heavy atom. The van der Waals surface area contributed by atoms with Crippen molar-refractivity contribution in [3.63, 3.8) is 0 Å². The van der Waals surface area contributed by atoms with Crippen LogP contribution < -0.4 is 4.74 Å². The second-order valence-corrected chi connectivity index (χ2v) is 5.84. The van der Waals surface area contributed by atoms with Crippen LogP contribution in [0.5, 0.6) is 5.75 Å². The number of hydrogen-bond donors (Lipinski definition) is 1. The standard InChI is InChI=1S/C16H24O2/c1-12(2)5-4-9-16(17)10-8-13-6-7-14(18-3)11-15(13)16/h6-7,11-12,17H,4-5,8-10H2,1-3H3. The lowest BCUT2D eigenvalue weighted by molar-refractivity contribution is 0.0259. The molecule has 1 N–H and O–H groups in total. The maximum absolute atomic E-state index is 10.8. The molecule has 0 fully saturated rings. The molecule has 18 heavy (non-hydrogen) atoms. The maximum atomic E-state index is 10.8. The van der Waals surface area contributed by atoms with E-state index in [0.29, 0.717) is 5.92 Å². The topological polar surface area (TPSA) is 29.5 Å². The number of aryl methyl sites for hydroxylation is 1. The predicted octanol–water partition coefficient (Wildman–Crippen LogP) is 3.66. The van der Waals surface area contributed by atoms with E-state index in [1.165, 1.54) is 12.0 Å². The smallest absolute Gasteiger partial charge is 0.119 e. The van der Waals surface area contributed by atoms with E-state index >= 15 is 0 Å². The van der Waals surface area contributed by atoms with Crippen molar-refractivity contribution < 1.29 is 9.84 Å². The van der Waals surface area contributed by atoms with E-state index in [0.717, 1.165) is 37.0 Å². The Kier molecular flexibility index (Phi) is 3.96. The van der Waals surface area contributed by atoms with Crippen molar-refractivity contribution in [3.8, 4) is 5.75 Å². The molecule has 100 valence electrons. The molecule has 0 bridgehead atoms. The number of hydrogen-bond acceptors (Lipinski definition) is 2.